The average molecular weight is 329 g/mol. The first-order valence-electron chi connectivity index (χ1n) is 7.09. The Morgan fingerprint density at radius 1 is 1.30 bits per heavy atom. The maximum absolute atomic E-state index is 13.4. The van der Waals surface area contributed by atoms with Crippen molar-refractivity contribution in [2.75, 3.05) is 19.8 Å². The molecule has 0 unspecified atom stereocenters. The zero-order valence-corrected chi connectivity index (χ0v) is 12.3. The first kappa shape index (κ1) is 17.1. The molecule has 1 amide bonds. The van der Waals surface area contributed by atoms with E-state index in [2.05, 4.69) is 5.32 Å². The van der Waals surface area contributed by atoms with Crippen LogP contribution in [0.25, 0.3) is 0 Å². The predicted octanol–water partition coefficient (Wildman–Crippen LogP) is 1.48. The fraction of sp³-hybridized carbons (Fsp3) is 0.467. The molecule has 1 saturated heterocycles. The number of carboxylic acid groups (broad SMARTS) is 1. The fourth-order valence-electron chi connectivity index (χ4n) is 2.46. The van der Waals surface area contributed by atoms with Crippen LogP contribution in [0.1, 0.15) is 19.3 Å². The van der Waals surface area contributed by atoms with E-state index in [1.54, 1.807) is 0 Å². The van der Waals surface area contributed by atoms with Gasteiger partial charge in [0.05, 0.1) is 12.0 Å². The molecule has 2 rings (SSSR count). The summed E-state index contributed by atoms with van der Waals surface area (Å²) in [6.45, 7) is 0.201. The Balaban J connectivity index is 1.95. The molecule has 126 valence electrons. The lowest BCUT2D eigenvalue weighted by molar-refractivity contribution is -0.140. The standard InChI is InChI=1S/C15H17F2NO5/c16-10-1-2-12(11(17)7-10)23-9-13(19)18-15(8-14(20)21)3-5-22-6-4-15/h1-2,7H,3-6,8-9H2,(H,18,19)(H,20,21). The summed E-state index contributed by atoms with van der Waals surface area (Å²) < 4.78 is 36.4. The van der Waals surface area contributed by atoms with Crippen LogP contribution >= 0.6 is 0 Å². The first-order chi connectivity index (χ1) is 10.9. The van der Waals surface area contributed by atoms with E-state index in [1.807, 2.05) is 0 Å². The molecule has 6 nitrogen and oxygen atoms in total. The summed E-state index contributed by atoms with van der Waals surface area (Å²) in [5, 5.41) is 11.6. The molecule has 0 spiro atoms. The zero-order valence-electron chi connectivity index (χ0n) is 12.3. The molecular weight excluding hydrogens is 312 g/mol. The molecule has 1 aromatic rings. The van der Waals surface area contributed by atoms with Crippen LogP contribution in [0.15, 0.2) is 18.2 Å². The summed E-state index contributed by atoms with van der Waals surface area (Å²) in [5.74, 6) is -3.51. The van der Waals surface area contributed by atoms with Crippen LogP contribution in [-0.2, 0) is 14.3 Å². The maximum Gasteiger partial charge on any atom is 0.305 e. The van der Waals surface area contributed by atoms with Crippen LogP contribution in [0.5, 0.6) is 5.75 Å². The molecule has 0 saturated carbocycles. The summed E-state index contributed by atoms with van der Waals surface area (Å²) in [6.07, 6.45) is 0.513. The summed E-state index contributed by atoms with van der Waals surface area (Å²) in [6, 6.07) is 2.75. The van der Waals surface area contributed by atoms with Gasteiger partial charge in [-0.2, -0.15) is 0 Å². The third-order valence-electron chi connectivity index (χ3n) is 3.60. The second kappa shape index (κ2) is 7.36. The minimum absolute atomic E-state index is 0.229. The summed E-state index contributed by atoms with van der Waals surface area (Å²) in [5.41, 5.74) is -0.897. The van der Waals surface area contributed by atoms with Crippen molar-refractivity contribution in [3.05, 3.63) is 29.8 Å². The SMILES string of the molecule is O=C(O)CC1(NC(=O)COc2ccc(F)cc2F)CCOCC1. The van der Waals surface area contributed by atoms with Gasteiger partial charge >= 0.3 is 5.97 Å². The topological polar surface area (TPSA) is 84.9 Å². The van der Waals surface area contributed by atoms with Crippen molar-refractivity contribution in [2.45, 2.75) is 24.8 Å². The zero-order chi connectivity index (χ0) is 16.9. The minimum atomic E-state index is -1.03. The lowest BCUT2D eigenvalue weighted by Gasteiger charge is -2.36. The smallest absolute Gasteiger partial charge is 0.305 e. The third kappa shape index (κ3) is 4.88. The van der Waals surface area contributed by atoms with E-state index in [-0.39, 0.29) is 12.2 Å². The van der Waals surface area contributed by atoms with E-state index in [4.69, 9.17) is 14.6 Å². The number of hydrogen-bond acceptors (Lipinski definition) is 4. The van der Waals surface area contributed by atoms with Crippen LogP contribution in [0, 0.1) is 11.6 Å². The van der Waals surface area contributed by atoms with E-state index in [1.165, 1.54) is 0 Å². The lowest BCUT2D eigenvalue weighted by atomic mass is 9.86. The maximum atomic E-state index is 13.4. The molecule has 0 bridgehead atoms. The Morgan fingerprint density at radius 2 is 2.00 bits per heavy atom. The number of carboxylic acids is 1. The fourth-order valence-corrected chi connectivity index (χ4v) is 2.46. The van der Waals surface area contributed by atoms with Gasteiger partial charge in [-0.1, -0.05) is 0 Å². The Hall–Kier alpha value is -2.22. The van der Waals surface area contributed by atoms with Gasteiger partial charge in [-0.3, -0.25) is 9.59 Å². The number of nitrogens with one attached hydrogen (secondary N) is 1. The number of amides is 1. The van der Waals surface area contributed by atoms with Crippen molar-refractivity contribution in [1.82, 2.24) is 5.32 Å². The van der Waals surface area contributed by atoms with Crippen molar-refractivity contribution < 1.29 is 33.0 Å². The lowest BCUT2D eigenvalue weighted by Crippen LogP contribution is -2.54. The molecule has 1 aliphatic heterocycles. The molecule has 1 aromatic carbocycles. The van der Waals surface area contributed by atoms with E-state index in [0.717, 1.165) is 12.1 Å². The van der Waals surface area contributed by atoms with Gasteiger partial charge < -0.3 is 19.9 Å². The average Bonchev–Trinajstić information content (AvgIpc) is 2.46. The van der Waals surface area contributed by atoms with Crippen LogP contribution in [-0.4, -0.2) is 42.3 Å². The molecule has 0 radical (unpaired) electrons. The number of carbonyl (C=O) groups excluding carboxylic acids is 1. The summed E-state index contributed by atoms with van der Waals surface area (Å²) in [4.78, 5) is 23.0. The first-order valence-corrected chi connectivity index (χ1v) is 7.09. The predicted molar refractivity (Wildman–Crippen MR) is 75.0 cm³/mol. The number of benzene rings is 1. The van der Waals surface area contributed by atoms with Gasteiger partial charge in [0.2, 0.25) is 0 Å². The molecule has 0 aliphatic carbocycles. The summed E-state index contributed by atoms with van der Waals surface area (Å²) >= 11 is 0. The molecule has 0 aromatic heterocycles. The molecule has 1 aliphatic rings. The highest BCUT2D eigenvalue weighted by Crippen LogP contribution is 2.25. The van der Waals surface area contributed by atoms with Gasteiger partial charge in [0.15, 0.2) is 18.2 Å². The van der Waals surface area contributed by atoms with E-state index >= 15 is 0 Å². The van der Waals surface area contributed by atoms with E-state index < -0.39 is 35.7 Å². The van der Waals surface area contributed by atoms with Crippen molar-refractivity contribution in [3.63, 3.8) is 0 Å². The van der Waals surface area contributed by atoms with Gasteiger partial charge in [0, 0.05) is 19.3 Å². The monoisotopic (exact) mass is 329 g/mol. The minimum Gasteiger partial charge on any atom is -0.481 e. The quantitative estimate of drug-likeness (QED) is 0.826. The Morgan fingerprint density at radius 3 is 2.61 bits per heavy atom. The van der Waals surface area contributed by atoms with E-state index in [9.17, 15) is 18.4 Å². The van der Waals surface area contributed by atoms with Gasteiger partial charge in [-0.05, 0) is 25.0 Å². The van der Waals surface area contributed by atoms with Crippen LogP contribution in [0.4, 0.5) is 8.78 Å². The summed E-state index contributed by atoms with van der Waals surface area (Å²) in [7, 11) is 0. The Bertz CT molecular complexity index is 587. The van der Waals surface area contributed by atoms with Gasteiger partial charge in [-0.25, -0.2) is 8.78 Å². The van der Waals surface area contributed by atoms with Crippen molar-refractivity contribution in [1.29, 1.82) is 0 Å². The van der Waals surface area contributed by atoms with Crippen molar-refractivity contribution in [3.8, 4) is 5.75 Å². The molecule has 8 heteroatoms. The third-order valence-corrected chi connectivity index (χ3v) is 3.60. The molecule has 1 heterocycles. The number of aliphatic carboxylic acids is 1. The second-order valence-corrected chi connectivity index (χ2v) is 5.37. The highest BCUT2D eigenvalue weighted by Gasteiger charge is 2.36. The molecular formula is C15H17F2NO5. The molecule has 2 N–H and O–H groups in total. The van der Waals surface area contributed by atoms with Crippen LogP contribution in [0.2, 0.25) is 0 Å². The number of rotatable bonds is 6. The van der Waals surface area contributed by atoms with Crippen molar-refractivity contribution >= 4 is 11.9 Å². The number of halogens is 2. The van der Waals surface area contributed by atoms with E-state index in [0.29, 0.717) is 32.1 Å². The normalized spacial score (nSPS) is 16.6. The highest BCUT2D eigenvalue weighted by molar-refractivity contribution is 5.79. The van der Waals surface area contributed by atoms with Gasteiger partial charge in [0.1, 0.15) is 5.82 Å². The largest absolute Gasteiger partial charge is 0.481 e. The number of carbonyl (C=O) groups is 2. The number of ether oxygens (including phenoxy) is 2. The molecule has 1 fully saturated rings. The Kier molecular flexibility index (Phi) is 5.49. The van der Waals surface area contributed by atoms with Crippen LogP contribution < -0.4 is 10.1 Å². The molecule has 23 heavy (non-hydrogen) atoms. The van der Waals surface area contributed by atoms with Crippen LogP contribution in [0.3, 0.4) is 0 Å². The Labute approximate surface area is 131 Å². The molecule has 0 atom stereocenters. The van der Waals surface area contributed by atoms with Gasteiger partial charge in [-0.15, -0.1) is 0 Å². The van der Waals surface area contributed by atoms with Gasteiger partial charge in [0.25, 0.3) is 5.91 Å². The highest BCUT2D eigenvalue weighted by atomic mass is 19.1. The number of hydrogen-bond donors (Lipinski definition) is 2. The second-order valence-electron chi connectivity index (χ2n) is 5.37. The van der Waals surface area contributed by atoms with Crippen molar-refractivity contribution in [2.24, 2.45) is 0 Å².